The van der Waals surface area contributed by atoms with Gasteiger partial charge in [0.2, 0.25) is 0 Å². The lowest BCUT2D eigenvalue weighted by Gasteiger charge is -2.05. The van der Waals surface area contributed by atoms with Crippen molar-refractivity contribution in [2.45, 2.75) is 13.0 Å². The summed E-state index contributed by atoms with van der Waals surface area (Å²) in [5, 5.41) is 2.60. The third-order valence-electron chi connectivity index (χ3n) is 1.65. The Hall–Kier alpha value is -1.16. The molecule has 0 heterocycles. The quantitative estimate of drug-likeness (QED) is 0.752. The van der Waals surface area contributed by atoms with Crippen molar-refractivity contribution in [3.63, 3.8) is 0 Å². The largest absolute Gasteiger partial charge is 0.379 e. The highest BCUT2D eigenvalue weighted by molar-refractivity contribution is 5.44. The zero-order valence-electron chi connectivity index (χ0n) is 7.13. The highest BCUT2D eigenvalue weighted by Gasteiger charge is 2.00. The summed E-state index contributed by atoms with van der Waals surface area (Å²) in [6, 6.07) is 7.11. The molecule has 0 aliphatic rings. The standard InChI is InChI=1S/C9H12F2N2/c10-9(11)6-13-8-3-1-7(5-12)2-4-8/h1-4,9,13H,5-6,12H2. The van der Waals surface area contributed by atoms with E-state index in [-0.39, 0.29) is 6.54 Å². The van der Waals surface area contributed by atoms with Crippen molar-refractivity contribution in [1.82, 2.24) is 0 Å². The van der Waals surface area contributed by atoms with E-state index in [0.717, 1.165) is 5.56 Å². The fourth-order valence-corrected chi connectivity index (χ4v) is 0.954. The molecule has 0 spiro atoms. The molecule has 0 aliphatic heterocycles. The van der Waals surface area contributed by atoms with Crippen LogP contribution in [0.3, 0.4) is 0 Å². The summed E-state index contributed by atoms with van der Waals surface area (Å²) in [6.07, 6.45) is -2.32. The van der Waals surface area contributed by atoms with Crippen LogP contribution >= 0.6 is 0 Å². The van der Waals surface area contributed by atoms with Crippen LogP contribution in [0.5, 0.6) is 0 Å². The van der Waals surface area contributed by atoms with Crippen LogP contribution < -0.4 is 11.1 Å². The minimum Gasteiger partial charge on any atom is -0.379 e. The molecule has 1 rings (SSSR count). The molecule has 1 aromatic carbocycles. The van der Waals surface area contributed by atoms with E-state index in [0.29, 0.717) is 12.2 Å². The van der Waals surface area contributed by atoms with Crippen molar-refractivity contribution in [3.05, 3.63) is 29.8 Å². The molecule has 0 saturated heterocycles. The third kappa shape index (κ3) is 3.38. The normalized spacial score (nSPS) is 10.5. The number of anilines is 1. The van der Waals surface area contributed by atoms with E-state index in [1.165, 1.54) is 0 Å². The van der Waals surface area contributed by atoms with Gasteiger partial charge in [-0.2, -0.15) is 0 Å². The molecule has 4 heteroatoms. The van der Waals surface area contributed by atoms with E-state index in [1.54, 1.807) is 12.1 Å². The number of nitrogens with two attached hydrogens (primary N) is 1. The van der Waals surface area contributed by atoms with Gasteiger partial charge < -0.3 is 11.1 Å². The van der Waals surface area contributed by atoms with Gasteiger partial charge in [-0.25, -0.2) is 8.78 Å². The first-order chi connectivity index (χ1) is 6.22. The lowest BCUT2D eigenvalue weighted by Crippen LogP contribution is -2.10. The van der Waals surface area contributed by atoms with E-state index in [2.05, 4.69) is 5.32 Å². The van der Waals surface area contributed by atoms with Crippen LogP contribution in [-0.4, -0.2) is 13.0 Å². The highest BCUT2D eigenvalue weighted by Crippen LogP contribution is 2.09. The Morgan fingerprint density at radius 1 is 1.23 bits per heavy atom. The predicted molar refractivity (Wildman–Crippen MR) is 48.8 cm³/mol. The van der Waals surface area contributed by atoms with Gasteiger partial charge in [-0.15, -0.1) is 0 Å². The Kier molecular flexibility index (Phi) is 3.64. The number of hydrogen-bond acceptors (Lipinski definition) is 2. The second-order valence-electron chi connectivity index (χ2n) is 2.67. The van der Waals surface area contributed by atoms with E-state index < -0.39 is 6.43 Å². The molecule has 0 saturated carbocycles. The molecule has 13 heavy (non-hydrogen) atoms. The number of hydrogen-bond donors (Lipinski definition) is 2. The fraction of sp³-hybridized carbons (Fsp3) is 0.333. The average molecular weight is 186 g/mol. The van der Waals surface area contributed by atoms with Crippen molar-refractivity contribution in [2.24, 2.45) is 5.73 Å². The molecule has 0 unspecified atom stereocenters. The van der Waals surface area contributed by atoms with Crippen LogP contribution in [-0.2, 0) is 6.54 Å². The second-order valence-corrected chi connectivity index (χ2v) is 2.67. The van der Waals surface area contributed by atoms with E-state index >= 15 is 0 Å². The summed E-state index contributed by atoms with van der Waals surface area (Å²) in [7, 11) is 0. The maximum Gasteiger partial charge on any atom is 0.255 e. The molecule has 0 aromatic heterocycles. The minimum atomic E-state index is -2.32. The topological polar surface area (TPSA) is 38.0 Å². The van der Waals surface area contributed by atoms with E-state index in [1.807, 2.05) is 12.1 Å². The van der Waals surface area contributed by atoms with Crippen LogP contribution in [0.25, 0.3) is 0 Å². The monoisotopic (exact) mass is 186 g/mol. The molecule has 0 atom stereocenters. The summed E-state index contributed by atoms with van der Waals surface area (Å²) in [4.78, 5) is 0. The number of nitrogens with one attached hydrogen (secondary N) is 1. The first kappa shape index (κ1) is 9.92. The first-order valence-electron chi connectivity index (χ1n) is 4.03. The Morgan fingerprint density at radius 2 is 1.85 bits per heavy atom. The van der Waals surface area contributed by atoms with Gasteiger partial charge in [-0.3, -0.25) is 0 Å². The molecule has 0 radical (unpaired) electrons. The van der Waals surface area contributed by atoms with Gasteiger partial charge in [-0.1, -0.05) is 12.1 Å². The van der Waals surface area contributed by atoms with Gasteiger partial charge in [0.05, 0.1) is 6.54 Å². The Morgan fingerprint density at radius 3 is 2.31 bits per heavy atom. The Balaban J connectivity index is 2.49. The molecule has 0 aliphatic carbocycles. The summed E-state index contributed by atoms with van der Waals surface area (Å²) in [6.45, 7) is 0.150. The SMILES string of the molecule is NCc1ccc(NCC(F)F)cc1. The number of halogens is 2. The van der Waals surface area contributed by atoms with Crippen LogP contribution in [0.15, 0.2) is 24.3 Å². The molecule has 3 N–H and O–H groups in total. The van der Waals surface area contributed by atoms with Gasteiger partial charge in [-0.05, 0) is 17.7 Å². The van der Waals surface area contributed by atoms with E-state index in [4.69, 9.17) is 5.73 Å². The fourth-order valence-electron chi connectivity index (χ4n) is 0.954. The van der Waals surface area contributed by atoms with Gasteiger partial charge >= 0.3 is 0 Å². The van der Waals surface area contributed by atoms with Gasteiger partial charge in [0.25, 0.3) is 6.43 Å². The summed E-state index contributed by atoms with van der Waals surface area (Å²) >= 11 is 0. The lowest BCUT2D eigenvalue weighted by molar-refractivity contribution is 0.163. The Labute approximate surface area is 75.7 Å². The molecular weight excluding hydrogens is 174 g/mol. The number of alkyl halides is 2. The van der Waals surface area contributed by atoms with Crippen molar-refractivity contribution in [2.75, 3.05) is 11.9 Å². The maximum absolute atomic E-state index is 11.8. The van der Waals surface area contributed by atoms with Crippen molar-refractivity contribution >= 4 is 5.69 Å². The van der Waals surface area contributed by atoms with Crippen LogP contribution in [0.2, 0.25) is 0 Å². The van der Waals surface area contributed by atoms with E-state index in [9.17, 15) is 8.78 Å². The maximum atomic E-state index is 11.8. The average Bonchev–Trinajstić information content (AvgIpc) is 2.15. The second kappa shape index (κ2) is 4.77. The van der Waals surface area contributed by atoms with Crippen molar-refractivity contribution < 1.29 is 8.78 Å². The lowest BCUT2D eigenvalue weighted by atomic mass is 10.2. The molecule has 0 fully saturated rings. The summed E-state index contributed by atoms with van der Waals surface area (Å²) in [5.74, 6) is 0. The smallest absolute Gasteiger partial charge is 0.255 e. The molecule has 0 bridgehead atoms. The van der Waals surface area contributed by atoms with Crippen molar-refractivity contribution in [1.29, 1.82) is 0 Å². The minimum absolute atomic E-state index is 0.317. The number of rotatable bonds is 4. The molecule has 1 aromatic rings. The van der Waals surface area contributed by atoms with Gasteiger partial charge in [0.1, 0.15) is 0 Å². The van der Waals surface area contributed by atoms with Crippen LogP contribution in [0.1, 0.15) is 5.56 Å². The number of benzene rings is 1. The molecular formula is C9H12F2N2. The zero-order chi connectivity index (χ0) is 9.68. The zero-order valence-corrected chi connectivity index (χ0v) is 7.13. The summed E-state index contributed by atoms with van der Waals surface area (Å²) < 4.78 is 23.6. The van der Waals surface area contributed by atoms with Crippen LogP contribution in [0, 0.1) is 0 Å². The molecule has 0 amide bonds. The van der Waals surface area contributed by atoms with Crippen LogP contribution in [0.4, 0.5) is 14.5 Å². The van der Waals surface area contributed by atoms with Crippen molar-refractivity contribution in [3.8, 4) is 0 Å². The molecule has 2 nitrogen and oxygen atoms in total. The first-order valence-corrected chi connectivity index (χ1v) is 4.03. The predicted octanol–water partition coefficient (Wildman–Crippen LogP) is 1.82. The third-order valence-corrected chi connectivity index (χ3v) is 1.65. The van der Waals surface area contributed by atoms with Gasteiger partial charge in [0, 0.05) is 12.2 Å². The van der Waals surface area contributed by atoms with Gasteiger partial charge in [0.15, 0.2) is 0 Å². The Bertz CT molecular complexity index is 246. The summed E-state index contributed by atoms with van der Waals surface area (Å²) in [5.41, 5.74) is 7.06. The highest BCUT2D eigenvalue weighted by atomic mass is 19.3. The molecule has 72 valence electrons.